The zero-order valence-corrected chi connectivity index (χ0v) is 10.5. The van der Waals surface area contributed by atoms with Crippen LogP contribution in [0.4, 0.5) is 0 Å². The van der Waals surface area contributed by atoms with Gasteiger partial charge in [-0.15, -0.1) is 0 Å². The maximum atomic E-state index is 10.7. The summed E-state index contributed by atoms with van der Waals surface area (Å²) in [5, 5.41) is 8.12. The van der Waals surface area contributed by atoms with Gasteiger partial charge in [-0.25, -0.2) is 0 Å². The molecule has 0 amide bonds. The van der Waals surface area contributed by atoms with Gasteiger partial charge in [0.15, 0.2) is 0 Å². The maximum Gasteiger partial charge on any atom is 0.325 e. The van der Waals surface area contributed by atoms with Gasteiger partial charge in [-0.3, -0.25) is 9.59 Å². The van der Waals surface area contributed by atoms with E-state index in [0.29, 0.717) is 6.61 Å². The Kier molecular flexibility index (Phi) is 6.95. The fourth-order valence-corrected chi connectivity index (χ4v) is 0.317. The predicted octanol–water partition coefficient (Wildman–Crippen LogP) is 0.0951. The molecule has 0 heterocycles. The van der Waals surface area contributed by atoms with E-state index >= 15 is 0 Å². The quantitative estimate of drug-likeness (QED) is 0.596. The molecule has 0 aromatic carbocycles. The minimum absolute atomic E-state index is 0.356. The lowest BCUT2D eigenvalue weighted by molar-refractivity contribution is -0.148. The largest absolute Gasteiger partial charge is 0.480 e. The van der Waals surface area contributed by atoms with Crippen LogP contribution < -0.4 is 11.5 Å². The highest BCUT2D eigenvalue weighted by Gasteiger charge is 2.22. The van der Waals surface area contributed by atoms with E-state index in [-0.39, 0.29) is 5.97 Å². The van der Waals surface area contributed by atoms with Crippen LogP contribution >= 0.6 is 0 Å². The van der Waals surface area contributed by atoms with Crippen molar-refractivity contribution in [2.75, 3.05) is 6.61 Å². The zero-order chi connectivity index (χ0) is 13.6. The lowest BCUT2D eigenvalue weighted by atomic mass is 10.1. The molecule has 0 aliphatic rings. The van der Waals surface area contributed by atoms with Crippen LogP contribution in [0.2, 0.25) is 0 Å². The molecular formula is C10H22N2O4. The average Bonchev–Trinajstić information content (AvgIpc) is 2.02. The van der Waals surface area contributed by atoms with E-state index in [1.54, 1.807) is 20.8 Å². The second-order valence-electron chi connectivity index (χ2n) is 4.47. The zero-order valence-electron chi connectivity index (χ0n) is 10.5. The van der Waals surface area contributed by atoms with Crippen molar-refractivity contribution in [2.45, 2.75) is 45.7 Å². The third kappa shape index (κ3) is 9.42. The van der Waals surface area contributed by atoms with E-state index in [1.165, 1.54) is 13.8 Å². The van der Waals surface area contributed by atoms with Crippen molar-refractivity contribution in [1.82, 2.24) is 0 Å². The molecule has 0 atom stereocenters. The highest BCUT2D eigenvalue weighted by Crippen LogP contribution is 1.98. The predicted molar refractivity (Wildman–Crippen MR) is 60.8 cm³/mol. The fraction of sp³-hybridized carbons (Fsp3) is 0.800. The molecule has 6 heteroatoms. The van der Waals surface area contributed by atoms with E-state index in [4.69, 9.17) is 16.6 Å². The first-order chi connectivity index (χ1) is 6.92. The fourth-order valence-electron chi connectivity index (χ4n) is 0.317. The number of carbonyl (C=O) groups is 2. The van der Waals surface area contributed by atoms with Crippen molar-refractivity contribution in [3.63, 3.8) is 0 Å². The van der Waals surface area contributed by atoms with E-state index in [2.05, 4.69) is 4.74 Å². The molecule has 0 aliphatic carbocycles. The van der Waals surface area contributed by atoms with Crippen molar-refractivity contribution in [1.29, 1.82) is 0 Å². The van der Waals surface area contributed by atoms with Crippen LogP contribution in [0.25, 0.3) is 0 Å². The molecule has 0 radical (unpaired) electrons. The second-order valence-corrected chi connectivity index (χ2v) is 4.47. The number of ether oxygens (including phenoxy) is 1. The first-order valence-electron chi connectivity index (χ1n) is 4.91. The van der Waals surface area contributed by atoms with Crippen molar-refractivity contribution in [3.8, 4) is 0 Å². The molecule has 0 aliphatic heterocycles. The molecule has 0 saturated carbocycles. The van der Waals surface area contributed by atoms with E-state index < -0.39 is 17.0 Å². The van der Waals surface area contributed by atoms with Crippen LogP contribution in [0.5, 0.6) is 0 Å². The van der Waals surface area contributed by atoms with Crippen LogP contribution in [0.1, 0.15) is 34.6 Å². The van der Waals surface area contributed by atoms with Gasteiger partial charge >= 0.3 is 11.9 Å². The number of carbonyl (C=O) groups excluding carboxylic acids is 1. The molecule has 0 bridgehead atoms. The van der Waals surface area contributed by atoms with Crippen molar-refractivity contribution < 1.29 is 19.4 Å². The summed E-state index contributed by atoms with van der Waals surface area (Å²) in [6, 6.07) is 0. The normalized spacial score (nSPS) is 11.2. The summed E-state index contributed by atoms with van der Waals surface area (Å²) in [6.45, 7) is 8.25. The Labute approximate surface area is 95.9 Å². The van der Waals surface area contributed by atoms with Crippen molar-refractivity contribution in [3.05, 3.63) is 0 Å². The first kappa shape index (κ1) is 17.3. The SMILES string of the molecule is CC(C)(N)C(=O)O.CCOC(=O)C(C)(C)N. The van der Waals surface area contributed by atoms with Gasteiger partial charge in [0.25, 0.3) is 0 Å². The smallest absolute Gasteiger partial charge is 0.325 e. The molecule has 0 saturated heterocycles. The van der Waals surface area contributed by atoms with Crippen LogP contribution in [-0.2, 0) is 14.3 Å². The number of hydrogen-bond donors (Lipinski definition) is 3. The summed E-state index contributed by atoms with van der Waals surface area (Å²) < 4.78 is 4.64. The number of hydrogen-bond acceptors (Lipinski definition) is 5. The molecule has 6 nitrogen and oxygen atoms in total. The molecule has 0 aromatic heterocycles. The van der Waals surface area contributed by atoms with Gasteiger partial charge in [0.05, 0.1) is 6.61 Å². The molecule has 0 rings (SSSR count). The molecule has 0 fully saturated rings. The maximum absolute atomic E-state index is 10.7. The molecule has 96 valence electrons. The summed E-state index contributed by atoms with van der Waals surface area (Å²) in [7, 11) is 0. The summed E-state index contributed by atoms with van der Waals surface area (Å²) in [5.41, 5.74) is 8.53. The summed E-state index contributed by atoms with van der Waals surface area (Å²) >= 11 is 0. The molecule has 0 unspecified atom stereocenters. The Morgan fingerprint density at radius 3 is 1.50 bits per heavy atom. The number of esters is 1. The number of nitrogens with two attached hydrogens (primary N) is 2. The van der Waals surface area contributed by atoms with Gasteiger partial charge in [0, 0.05) is 0 Å². The standard InChI is InChI=1S/C6H13NO2.C4H9NO2/c1-4-9-5(8)6(2,3)7;1-4(2,5)3(6)7/h4,7H2,1-3H3;5H2,1-2H3,(H,6,7). The van der Waals surface area contributed by atoms with Crippen LogP contribution in [0, 0.1) is 0 Å². The van der Waals surface area contributed by atoms with Gasteiger partial charge in [-0.05, 0) is 34.6 Å². The molecule has 0 spiro atoms. The van der Waals surface area contributed by atoms with Crippen LogP contribution in [0.15, 0.2) is 0 Å². The van der Waals surface area contributed by atoms with Gasteiger partial charge in [-0.1, -0.05) is 0 Å². The summed E-state index contributed by atoms with van der Waals surface area (Å²) in [5.74, 6) is -1.34. The third-order valence-electron chi connectivity index (χ3n) is 1.35. The van der Waals surface area contributed by atoms with E-state index in [1.807, 2.05) is 0 Å². The average molecular weight is 234 g/mol. The topological polar surface area (TPSA) is 116 Å². The molecular weight excluding hydrogens is 212 g/mol. The lowest BCUT2D eigenvalue weighted by Crippen LogP contribution is -2.42. The Bertz CT molecular complexity index is 238. The molecule has 5 N–H and O–H groups in total. The van der Waals surface area contributed by atoms with Gasteiger partial charge in [-0.2, -0.15) is 0 Å². The lowest BCUT2D eigenvalue weighted by Gasteiger charge is -2.15. The minimum Gasteiger partial charge on any atom is -0.480 e. The van der Waals surface area contributed by atoms with Crippen molar-refractivity contribution in [2.24, 2.45) is 11.5 Å². The molecule has 0 aromatic rings. The van der Waals surface area contributed by atoms with Gasteiger partial charge < -0.3 is 21.3 Å². The van der Waals surface area contributed by atoms with E-state index in [0.717, 1.165) is 0 Å². The van der Waals surface area contributed by atoms with E-state index in [9.17, 15) is 9.59 Å². The number of rotatable bonds is 3. The number of aliphatic carboxylic acids is 1. The number of carboxylic acid groups (broad SMARTS) is 1. The summed E-state index contributed by atoms with van der Waals surface area (Å²) in [6.07, 6.45) is 0. The van der Waals surface area contributed by atoms with Crippen LogP contribution in [-0.4, -0.2) is 34.7 Å². The summed E-state index contributed by atoms with van der Waals surface area (Å²) in [4.78, 5) is 20.6. The number of carboxylic acids is 1. The third-order valence-corrected chi connectivity index (χ3v) is 1.35. The monoisotopic (exact) mass is 234 g/mol. The van der Waals surface area contributed by atoms with Gasteiger partial charge in [0.2, 0.25) is 0 Å². The minimum atomic E-state index is -1.08. The Morgan fingerprint density at radius 2 is 1.44 bits per heavy atom. The molecule has 16 heavy (non-hydrogen) atoms. The Morgan fingerprint density at radius 1 is 1.12 bits per heavy atom. The Balaban J connectivity index is 0. The second kappa shape index (κ2) is 6.44. The highest BCUT2D eigenvalue weighted by molar-refractivity contribution is 5.79. The first-order valence-corrected chi connectivity index (χ1v) is 4.91. The van der Waals surface area contributed by atoms with Gasteiger partial charge in [0.1, 0.15) is 11.1 Å². The van der Waals surface area contributed by atoms with Crippen LogP contribution in [0.3, 0.4) is 0 Å². The van der Waals surface area contributed by atoms with Crippen molar-refractivity contribution >= 4 is 11.9 Å². The Hall–Kier alpha value is -1.14. The highest BCUT2D eigenvalue weighted by atomic mass is 16.5.